The van der Waals surface area contributed by atoms with Crippen molar-refractivity contribution in [3.63, 3.8) is 0 Å². The number of anilines is 2. The second-order valence-electron chi connectivity index (χ2n) is 9.16. The minimum atomic E-state index is -0.530. The number of piperazine rings is 1. The van der Waals surface area contributed by atoms with Crippen LogP contribution in [0, 0.1) is 5.82 Å². The molecule has 4 heterocycles. The smallest absolute Gasteiger partial charge is 0.407 e. The van der Waals surface area contributed by atoms with Gasteiger partial charge >= 0.3 is 12.1 Å². The summed E-state index contributed by atoms with van der Waals surface area (Å²) in [6.45, 7) is 3.65. The van der Waals surface area contributed by atoms with Crippen LogP contribution in [0.2, 0.25) is 0 Å². The molecule has 196 valence electrons. The number of aromatic nitrogens is 4. The first-order valence-electron chi connectivity index (χ1n) is 12.2. The van der Waals surface area contributed by atoms with Crippen LogP contribution >= 0.6 is 0 Å². The van der Waals surface area contributed by atoms with Gasteiger partial charge in [-0.3, -0.25) is 9.48 Å². The number of ether oxygens (including phenoxy) is 2. The van der Waals surface area contributed by atoms with Gasteiger partial charge in [0.15, 0.2) is 11.9 Å². The lowest BCUT2D eigenvalue weighted by atomic mass is 10.1. The molecule has 0 bridgehead atoms. The number of aryl methyl sites for hydroxylation is 1. The number of halogens is 1. The predicted octanol–water partition coefficient (Wildman–Crippen LogP) is 1.80. The van der Waals surface area contributed by atoms with Crippen molar-refractivity contribution in [1.29, 1.82) is 0 Å². The molecule has 6 rings (SSSR count). The minimum absolute atomic E-state index is 0.0507. The van der Waals surface area contributed by atoms with Gasteiger partial charge in [-0.05, 0) is 24.3 Å². The van der Waals surface area contributed by atoms with E-state index in [1.807, 2.05) is 6.07 Å². The molecular weight excluding hydrogens is 495 g/mol. The summed E-state index contributed by atoms with van der Waals surface area (Å²) in [7, 11) is 1.70. The highest BCUT2D eigenvalue weighted by atomic mass is 19.1. The van der Waals surface area contributed by atoms with Gasteiger partial charge in [-0.2, -0.15) is 10.1 Å². The van der Waals surface area contributed by atoms with Crippen molar-refractivity contribution in [1.82, 2.24) is 30.4 Å². The van der Waals surface area contributed by atoms with Crippen LogP contribution in [0.15, 0.2) is 36.7 Å². The number of alkyl carbamates (subject to hydrolysis) is 1. The zero-order valence-corrected chi connectivity index (χ0v) is 20.5. The number of carbonyl (C=O) groups is 2. The molecule has 2 amide bonds. The van der Waals surface area contributed by atoms with E-state index in [1.54, 1.807) is 31.6 Å². The van der Waals surface area contributed by atoms with Crippen LogP contribution in [0.4, 0.5) is 20.6 Å². The molecular formula is C25H25FN8O4. The van der Waals surface area contributed by atoms with Crippen molar-refractivity contribution in [2.45, 2.75) is 6.10 Å². The molecule has 2 aromatic heterocycles. The Kier molecular flexibility index (Phi) is 6.12. The quantitative estimate of drug-likeness (QED) is 0.348. The van der Waals surface area contributed by atoms with Gasteiger partial charge in [0.25, 0.3) is 5.91 Å². The van der Waals surface area contributed by atoms with E-state index in [1.165, 1.54) is 10.7 Å². The highest BCUT2D eigenvalue weighted by Crippen LogP contribution is 2.30. The summed E-state index contributed by atoms with van der Waals surface area (Å²) in [4.78, 5) is 35.8. The Bertz CT molecular complexity index is 1550. The minimum Gasteiger partial charge on any atom is -0.459 e. The normalized spacial score (nSPS) is 17.5. The Balaban J connectivity index is 1.34. The molecule has 12 nitrogen and oxygen atoms in total. The molecule has 2 aromatic carbocycles. The van der Waals surface area contributed by atoms with E-state index >= 15 is 0 Å². The van der Waals surface area contributed by atoms with Gasteiger partial charge in [0, 0.05) is 67.8 Å². The zero-order valence-electron chi connectivity index (χ0n) is 20.5. The standard InChI is InChI=1S/C25H25FN8O4/c1-33-12-14-8-15(9-19(26)21(14)32-33)30-23(35)17-2-3-20(34-6-4-27-5-7-34)18-11-28-24(31-22(17)18)37-13-16-10-29-25(36)38-16/h2-3,8-9,11-12,16,27H,4-7,10,13H2,1H3,(H,29,36)(H,30,35). The first-order valence-corrected chi connectivity index (χ1v) is 12.2. The number of cyclic esters (lactones) is 1. The predicted molar refractivity (Wildman–Crippen MR) is 137 cm³/mol. The maximum absolute atomic E-state index is 14.6. The second kappa shape index (κ2) is 9.74. The number of hydrogen-bond acceptors (Lipinski definition) is 9. The van der Waals surface area contributed by atoms with Gasteiger partial charge in [0.05, 0.1) is 17.6 Å². The van der Waals surface area contributed by atoms with Gasteiger partial charge in [0.2, 0.25) is 0 Å². The van der Waals surface area contributed by atoms with E-state index in [4.69, 9.17) is 9.47 Å². The van der Waals surface area contributed by atoms with Crippen LogP contribution in [0.3, 0.4) is 0 Å². The average Bonchev–Trinajstić information content (AvgIpc) is 3.51. The number of nitrogens with zero attached hydrogens (tertiary/aromatic N) is 5. The van der Waals surface area contributed by atoms with Crippen molar-refractivity contribution < 1.29 is 23.5 Å². The molecule has 2 fully saturated rings. The number of hydrogen-bond donors (Lipinski definition) is 3. The number of nitrogens with one attached hydrogen (secondary N) is 3. The number of benzene rings is 2. The van der Waals surface area contributed by atoms with E-state index in [-0.39, 0.29) is 23.7 Å². The second-order valence-corrected chi connectivity index (χ2v) is 9.16. The van der Waals surface area contributed by atoms with Gasteiger partial charge in [-0.1, -0.05) is 0 Å². The van der Waals surface area contributed by atoms with Crippen LogP contribution in [-0.4, -0.2) is 77.2 Å². The Morgan fingerprint density at radius 3 is 2.89 bits per heavy atom. The molecule has 0 aliphatic carbocycles. The van der Waals surface area contributed by atoms with Crippen molar-refractivity contribution in [3.05, 3.63) is 48.0 Å². The van der Waals surface area contributed by atoms with Crippen molar-refractivity contribution >= 4 is 45.2 Å². The van der Waals surface area contributed by atoms with Crippen LogP contribution < -0.4 is 25.6 Å². The summed E-state index contributed by atoms with van der Waals surface area (Å²) in [5, 5.41) is 14.0. The fourth-order valence-electron chi connectivity index (χ4n) is 4.70. The molecule has 38 heavy (non-hydrogen) atoms. The van der Waals surface area contributed by atoms with Crippen LogP contribution in [0.25, 0.3) is 21.8 Å². The van der Waals surface area contributed by atoms with Crippen molar-refractivity contribution in [2.24, 2.45) is 7.05 Å². The Hall–Kier alpha value is -4.52. The summed E-state index contributed by atoms with van der Waals surface area (Å²) in [6.07, 6.45) is 2.35. The van der Waals surface area contributed by atoms with Crippen LogP contribution in [0.1, 0.15) is 10.4 Å². The maximum Gasteiger partial charge on any atom is 0.407 e. The first kappa shape index (κ1) is 23.9. The molecule has 2 saturated heterocycles. The Morgan fingerprint density at radius 2 is 2.11 bits per heavy atom. The van der Waals surface area contributed by atoms with E-state index < -0.39 is 23.9 Å². The molecule has 4 aromatic rings. The third kappa shape index (κ3) is 4.63. The van der Waals surface area contributed by atoms with Gasteiger partial charge in [-0.15, -0.1) is 0 Å². The number of fused-ring (bicyclic) bond motifs is 2. The molecule has 13 heteroatoms. The average molecular weight is 521 g/mol. The molecule has 0 radical (unpaired) electrons. The highest BCUT2D eigenvalue weighted by molar-refractivity contribution is 6.14. The van der Waals surface area contributed by atoms with E-state index in [2.05, 4.69) is 35.9 Å². The van der Waals surface area contributed by atoms with E-state index in [9.17, 15) is 14.0 Å². The summed E-state index contributed by atoms with van der Waals surface area (Å²) in [5.41, 5.74) is 2.11. The zero-order chi connectivity index (χ0) is 26.2. The SMILES string of the molecule is Cn1cc2cc(NC(=O)c3ccc(N4CCNCC4)c4cnc(OCC5CNC(=O)O5)nc34)cc(F)c2n1. The number of amides is 2. The van der Waals surface area contributed by atoms with Crippen molar-refractivity contribution in [2.75, 3.05) is 49.5 Å². The third-order valence-electron chi connectivity index (χ3n) is 6.49. The van der Waals surface area contributed by atoms with Gasteiger partial charge in [0.1, 0.15) is 12.1 Å². The summed E-state index contributed by atoms with van der Waals surface area (Å²) >= 11 is 0. The molecule has 2 aliphatic heterocycles. The lowest BCUT2D eigenvalue weighted by molar-refractivity contribution is 0.100. The van der Waals surface area contributed by atoms with Crippen molar-refractivity contribution in [3.8, 4) is 6.01 Å². The summed E-state index contributed by atoms with van der Waals surface area (Å²) < 4.78 is 26.9. The Labute approximate surface area is 216 Å². The van der Waals surface area contributed by atoms with E-state index in [0.717, 1.165) is 31.9 Å². The lowest BCUT2D eigenvalue weighted by Crippen LogP contribution is -2.43. The van der Waals surface area contributed by atoms with Crippen LogP contribution in [0.5, 0.6) is 6.01 Å². The van der Waals surface area contributed by atoms with E-state index in [0.29, 0.717) is 28.5 Å². The van der Waals surface area contributed by atoms with Gasteiger partial charge < -0.3 is 30.3 Å². The summed E-state index contributed by atoms with van der Waals surface area (Å²) in [5.74, 6) is -0.986. The third-order valence-corrected chi connectivity index (χ3v) is 6.49. The largest absolute Gasteiger partial charge is 0.459 e. The molecule has 1 atom stereocenters. The lowest BCUT2D eigenvalue weighted by Gasteiger charge is -2.30. The number of rotatable bonds is 6. The first-order chi connectivity index (χ1) is 18.4. The highest BCUT2D eigenvalue weighted by Gasteiger charge is 2.24. The fourth-order valence-corrected chi connectivity index (χ4v) is 4.70. The van der Waals surface area contributed by atoms with Gasteiger partial charge in [-0.25, -0.2) is 14.2 Å². The molecule has 3 N–H and O–H groups in total. The summed E-state index contributed by atoms with van der Waals surface area (Å²) in [6, 6.07) is 6.54. The molecule has 1 unspecified atom stereocenters. The molecule has 2 aliphatic rings. The Morgan fingerprint density at radius 1 is 1.26 bits per heavy atom. The maximum atomic E-state index is 14.6. The topological polar surface area (TPSA) is 136 Å². The number of carbonyl (C=O) groups excluding carboxylic acids is 2. The molecule has 0 saturated carbocycles. The molecule has 0 spiro atoms. The monoisotopic (exact) mass is 520 g/mol. The van der Waals surface area contributed by atoms with Crippen LogP contribution in [-0.2, 0) is 11.8 Å². The fraction of sp³-hybridized carbons (Fsp3) is 0.320.